The summed E-state index contributed by atoms with van der Waals surface area (Å²) in [6.07, 6.45) is 1.39. The first-order chi connectivity index (χ1) is 11.3. The van der Waals surface area contributed by atoms with Crippen LogP contribution in [0.3, 0.4) is 0 Å². The average Bonchev–Trinajstić information content (AvgIpc) is 2.49. The van der Waals surface area contributed by atoms with E-state index in [1.807, 2.05) is 20.8 Å². The fourth-order valence-electron chi connectivity index (χ4n) is 2.62. The number of alkyl carbamates (subject to hydrolysis) is 1. The van der Waals surface area contributed by atoms with Crippen molar-refractivity contribution in [1.29, 1.82) is 0 Å². The number of halogens is 1. The van der Waals surface area contributed by atoms with Crippen molar-refractivity contribution in [3.8, 4) is 5.75 Å². The number of hydrogen-bond acceptors (Lipinski definition) is 4. The van der Waals surface area contributed by atoms with E-state index in [0.717, 1.165) is 32.5 Å². The lowest BCUT2D eigenvalue weighted by Crippen LogP contribution is -2.46. The van der Waals surface area contributed by atoms with Crippen molar-refractivity contribution in [2.24, 2.45) is 0 Å². The quantitative estimate of drug-likeness (QED) is 0.896. The first-order valence-corrected chi connectivity index (χ1v) is 8.43. The van der Waals surface area contributed by atoms with Gasteiger partial charge in [-0.05, 0) is 45.7 Å². The number of amides is 1. The molecule has 1 fully saturated rings. The number of nitrogens with one attached hydrogen (secondary N) is 1. The molecule has 0 bridgehead atoms. The molecule has 1 heterocycles. The van der Waals surface area contributed by atoms with Gasteiger partial charge in [-0.25, -0.2) is 9.18 Å². The van der Waals surface area contributed by atoms with E-state index in [1.165, 1.54) is 6.07 Å². The zero-order chi connectivity index (χ0) is 17.6. The molecule has 1 amide bonds. The molecule has 1 aliphatic heterocycles. The summed E-state index contributed by atoms with van der Waals surface area (Å²) in [6, 6.07) is 6.57. The minimum atomic E-state index is -0.477. The molecule has 0 aromatic heterocycles. The van der Waals surface area contributed by atoms with Crippen molar-refractivity contribution >= 4 is 6.09 Å². The van der Waals surface area contributed by atoms with Crippen LogP contribution >= 0.6 is 0 Å². The van der Waals surface area contributed by atoms with Gasteiger partial charge >= 0.3 is 6.09 Å². The number of ether oxygens (including phenoxy) is 2. The van der Waals surface area contributed by atoms with E-state index in [0.29, 0.717) is 12.4 Å². The van der Waals surface area contributed by atoms with Crippen LogP contribution in [-0.2, 0) is 4.74 Å². The van der Waals surface area contributed by atoms with Crippen molar-refractivity contribution in [1.82, 2.24) is 10.2 Å². The molecule has 1 aromatic rings. The Bertz CT molecular complexity index is 537. The Morgan fingerprint density at radius 3 is 2.58 bits per heavy atom. The van der Waals surface area contributed by atoms with Crippen molar-refractivity contribution in [3.63, 3.8) is 0 Å². The first-order valence-electron chi connectivity index (χ1n) is 8.43. The van der Waals surface area contributed by atoms with Gasteiger partial charge in [0.05, 0.1) is 0 Å². The topological polar surface area (TPSA) is 50.8 Å². The number of carbonyl (C=O) groups excluding carboxylic acids is 1. The highest BCUT2D eigenvalue weighted by Crippen LogP contribution is 2.16. The molecular formula is C18H27FN2O3. The standard InChI is InChI=1S/C18H27FN2O3/c1-18(2,3)24-17(22)20-14-8-10-21(11-9-14)12-13-23-16-7-5-4-6-15(16)19/h4-7,14H,8-13H2,1-3H3,(H,20,22). The van der Waals surface area contributed by atoms with Crippen LogP contribution in [0.2, 0.25) is 0 Å². The molecule has 24 heavy (non-hydrogen) atoms. The maximum absolute atomic E-state index is 13.5. The summed E-state index contributed by atoms with van der Waals surface area (Å²) in [4.78, 5) is 14.0. The fraction of sp³-hybridized carbons (Fsp3) is 0.611. The third-order valence-electron chi connectivity index (χ3n) is 3.81. The molecule has 0 radical (unpaired) electrons. The van der Waals surface area contributed by atoms with E-state index in [4.69, 9.17) is 9.47 Å². The second-order valence-electron chi connectivity index (χ2n) is 7.04. The van der Waals surface area contributed by atoms with Gasteiger partial charge in [-0.1, -0.05) is 12.1 Å². The predicted molar refractivity (Wildman–Crippen MR) is 90.7 cm³/mol. The fourth-order valence-corrected chi connectivity index (χ4v) is 2.62. The van der Waals surface area contributed by atoms with Gasteiger partial charge in [0, 0.05) is 25.7 Å². The Kier molecular flexibility index (Phi) is 6.43. The van der Waals surface area contributed by atoms with E-state index in [1.54, 1.807) is 18.2 Å². The minimum Gasteiger partial charge on any atom is -0.489 e. The summed E-state index contributed by atoms with van der Waals surface area (Å²) in [7, 11) is 0. The van der Waals surface area contributed by atoms with Gasteiger partial charge in [0.15, 0.2) is 11.6 Å². The summed E-state index contributed by atoms with van der Waals surface area (Å²) in [5.74, 6) is -0.0447. The van der Waals surface area contributed by atoms with E-state index in [9.17, 15) is 9.18 Å². The van der Waals surface area contributed by atoms with Gasteiger partial charge in [0.2, 0.25) is 0 Å². The van der Waals surface area contributed by atoms with E-state index in [2.05, 4.69) is 10.2 Å². The largest absolute Gasteiger partial charge is 0.489 e. The smallest absolute Gasteiger partial charge is 0.407 e. The monoisotopic (exact) mass is 338 g/mol. The predicted octanol–water partition coefficient (Wildman–Crippen LogP) is 3.19. The maximum Gasteiger partial charge on any atom is 0.407 e. The summed E-state index contributed by atoms with van der Waals surface area (Å²) in [6.45, 7) is 8.50. The maximum atomic E-state index is 13.5. The van der Waals surface area contributed by atoms with Gasteiger partial charge in [-0.3, -0.25) is 4.90 Å². The van der Waals surface area contributed by atoms with Crippen LogP contribution in [0.5, 0.6) is 5.75 Å². The summed E-state index contributed by atoms with van der Waals surface area (Å²) < 4.78 is 24.2. The number of rotatable bonds is 5. The summed E-state index contributed by atoms with van der Waals surface area (Å²) >= 11 is 0. The summed E-state index contributed by atoms with van der Waals surface area (Å²) in [5.41, 5.74) is -0.477. The Balaban J connectivity index is 1.64. The third-order valence-corrected chi connectivity index (χ3v) is 3.81. The Labute approximate surface area is 143 Å². The molecule has 0 unspecified atom stereocenters. The number of piperidine rings is 1. The summed E-state index contributed by atoms with van der Waals surface area (Å²) in [5, 5.41) is 2.92. The zero-order valence-electron chi connectivity index (χ0n) is 14.7. The van der Waals surface area contributed by atoms with Gasteiger partial charge in [0.1, 0.15) is 12.2 Å². The molecule has 0 spiro atoms. The number of likely N-dealkylation sites (tertiary alicyclic amines) is 1. The van der Waals surface area contributed by atoms with Crippen LogP contribution in [-0.4, -0.2) is 48.9 Å². The van der Waals surface area contributed by atoms with Gasteiger partial charge in [-0.15, -0.1) is 0 Å². The van der Waals surface area contributed by atoms with Crippen LogP contribution in [0, 0.1) is 5.82 Å². The number of nitrogens with zero attached hydrogens (tertiary/aromatic N) is 1. The molecule has 134 valence electrons. The van der Waals surface area contributed by atoms with Gasteiger partial charge in [0.25, 0.3) is 0 Å². The molecule has 1 aliphatic rings. The molecule has 2 rings (SSSR count). The molecule has 6 heteroatoms. The van der Waals surface area contributed by atoms with Crippen LogP contribution in [0.15, 0.2) is 24.3 Å². The van der Waals surface area contributed by atoms with Gasteiger partial charge in [-0.2, -0.15) is 0 Å². The SMILES string of the molecule is CC(C)(C)OC(=O)NC1CCN(CCOc2ccccc2F)CC1. The number of benzene rings is 1. The highest BCUT2D eigenvalue weighted by molar-refractivity contribution is 5.68. The van der Waals surface area contributed by atoms with E-state index in [-0.39, 0.29) is 18.0 Å². The Morgan fingerprint density at radius 1 is 1.29 bits per heavy atom. The highest BCUT2D eigenvalue weighted by Gasteiger charge is 2.23. The van der Waals surface area contributed by atoms with Crippen LogP contribution in [0.25, 0.3) is 0 Å². The van der Waals surface area contributed by atoms with Crippen molar-refractivity contribution < 1.29 is 18.7 Å². The Morgan fingerprint density at radius 2 is 1.96 bits per heavy atom. The molecule has 0 aliphatic carbocycles. The van der Waals surface area contributed by atoms with Crippen molar-refractivity contribution in [2.75, 3.05) is 26.2 Å². The molecule has 1 saturated heterocycles. The highest BCUT2D eigenvalue weighted by atomic mass is 19.1. The van der Waals surface area contributed by atoms with Crippen molar-refractivity contribution in [3.05, 3.63) is 30.1 Å². The molecule has 0 saturated carbocycles. The minimum absolute atomic E-state index is 0.142. The lowest BCUT2D eigenvalue weighted by Gasteiger charge is -2.32. The van der Waals surface area contributed by atoms with E-state index >= 15 is 0 Å². The lowest BCUT2D eigenvalue weighted by molar-refractivity contribution is 0.0476. The third kappa shape index (κ3) is 6.35. The molecule has 1 N–H and O–H groups in total. The van der Waals surface area contributed by atoms with E-state index < -0.39 is 5.60 Å². The molecule has 5 nitrogen and oxygen atoms in total. The number of carbonyl (C=O) groups is 1. The Hall–Kier alpha value is -1.82. The first kappa shape index (κ1) is 18.5. The normalized spacial score (nSPS) is 16.7. The molecular weight excluding hydrogens is 311 g/mol. The van der Waals surface area contributed by atoms with Crippen LogP contribution < -0.4 is 10.1 Å². The number of para-hydroxylation sites is 1. The molecule has 1 aromatic carbocycles. The second kappa shape index (κ2) is 8.33. The number of hydrogen-bond donors (Lipinski definition) is 1. The van der Waals surface area contributed by atoms with Crippen LogP contribution in [0.4, 0.5) is 9.18 Å². The second-order valence-corrected chi connectivity index (χ2v) is 7.04. The van der Waals surface area contributed by atoms with Crippen LogP contribution in [0.1, 0.15) is 33.6 Å². The zero-order valence-corrected chi connectivity index (χ0v) is 14.7. The van der Waals surface area contributed by atoms with Gasteiger partial charge < -0.3 is 14.8 Å². The van der Waals surface area contributed by atoms with Crippen molar-refractivity contribution in [2.45, 2.75) is 45.3 Å². The lowest BCUT2D eigenvalue weighted by atomic mass is 10.1. The molecule has 0 atom stereocenters. The average molecular weight is 338 g/mol.